The smallest absolute Gasteiger partial charge is 0.0966 e. The minimum atomic E-state index is 0.862. The van der Waals surface area contributed by atoms with Gasteiger partial charge in [0.05, 0.1) is 5.69 Å². The van der Waals surface area contributed by atoms with Gasteiger partial charge in [0.25, 0.3) is 0 Å². The van der Waals surface area contributed by atoms with Gasteiger partial charge in [0.2, 0.25) is 0 Å². The van der Waals surface area contributed by atoms with Crippen molar-refractivity contribution < 1.29 is 0 Å². The number of hydrogen-bond acceptors (Lipinski definition) is 0. The Bertz CT molecular complexity index is 310. The Hall–Kier alpha value is -1.42. The average Bonchev–Trinajstić information content (AvgIpc) is 2.34. The van der Waals surface area contributed by atoms with E-state index in [1.165, 1.54) is 5.56 Å². The van der Waals surface area contributed by atoms with Crippen molar-refractivity contribution in [2.45, 2.75) is 13.8 Å². The van der Waals surface area contributed by atoms with E-state index in [2.05, 4.69) is 10.9 Å². The lowest BCUT2D eigenvalue weighted by molar-refractivity contribution is 1.35. The van der Waals surface area contributed by atoms with Crippen LogP contribution in [0.5, 0.6) is 0 Å². The second-order valence-electron chi connectivity index (χ2n) is 2.40. The van der Waals surface area contributed by atoms with Gasteiger partial charge in [0.15, 0.2) is 0 Å². The Kier molecular flexibility index (Phi) is 2.18. The number of rotatable bonds is 1. The van der Waals surface area contributed by atoms with E-state index in [4.69, 9.17) is 6.42 Å². The number of terminal acetylenes is 1. The highest BCUT2D eigenvalue weighted by Gasteiger charge is 2.00. The van der Waals surface area contributed by atoms with Crippen molar-refractivity contribution in [3.63, 3.8) is 0 Å². The molecule has 1 aromatic heterocycles. The molecule has 0 aromatic carbocycles. The van der Waals surface area contributed by atoms with Crippen molar-refractivity contribution in [1.29, 1.82) is 0 Å². The maximum absolute atomic E-state index is 5.28. The molecule has 0 aliphatic carbocycles. The van der Waals surface area contributed by atoms with E-state index in [1.807, 2.05) is 32.2 Å². The Morgan fingerprint density at radius 1 is 1.64 bits per heavy atom. The first-order valence-corrected chi connectivity index (χ1v) is 3.57. The zero-order valence-corrected chi connectivity index (χ0v) is 6.81. The molecule has 0 unspecified atom stereocenters. The summed E-state index contributed by atoms with van der Waals surface area (Å²) < 4.78 is 0. The van der Waals surface area contributed by atoms with Crippen molar-refractivity contribution in [1.82, 2.24) is 4.98 Å². The van der Waals surface area contributed by atoms with Crippen LogP contribution < -0.4 is 0 Å². The van der Waals surface area contributed by atoms with E-state index < -0.39 is 0 Å². The average molecular weight is 145 g/mol. The number of aromatic amines is 1. The summed E-state index contributed by atoms with van der Waals surface area (Å²) in [5.41, 5.74) is 3.17. The highest BCUT2D eigenvalue weighted by Crippen LogP contribution is 2.13. The van der Waals surface area contributed by atoms with Gasteiger partial charge >= 0.3 is 0 Å². The van der Waals surface area contributed by atoms with Crippen molar-refractivity contribution in [2.24, 2.45) is 0 Å². The van der Waals surface area contributed by atoms with Crippen LogP contribution in [0.15, 0.2) is 12.3 Å². The van der Waals surface area contributed by atoms with Crippen LogP contribution in [0.4, 0.5) is 0 Å². The van der Waals surface area contributed by atoms with Crippen molar-refractivity contribution in [2.75, 3.05) is 0 Å². The molecule has 0 amide bonds. The number of aromatic nitrogens is 1. The molecule has 0 aliphatic heterocycles. The number of H-pyrrole nitrogens is 1. The molecule has 0 atom stereocenters. The minimum Gasteiger partial charge on any atom is -0.354 e. The molecule has 0 saturated carbocycles. The van der Waals surface area contributed by atoms with Gasteiger partial charge in [-0.1, -0.05) is 18.1 Å². The van der Waals surface area contributed by atoms with Crippen LogP contribution in [0, 0.1) is 19.3 Å². The lowest BCUT2D eigenvalue weighted by Crippen LogP contribution is -1.77. The van der Waals surface area contributed by atoms with Gasteiger partial charge in [-0.25, -0.2) is 0 Å². The van der Waals surface area contributed by atoms with Gasteiger partial charge in [-0.2, -0.15) is 0 Å². The van der Waals surface area contributed by atoms with E-state index in [9.17, 15) is 0 Å². The summed E-state index contributed by atoms with van der Waals surface area (Å²) in [6, 6.07) is 0. The molecule has 1 heteroatoms. The maximum Gasteiger partial charge on any atom is 0.0966 e. The van der Waals surface area contributed by atoms with Crippen LogP contribution in [-0.2, 0) is 0 Å². The summed E-state index contributed by atoms with van der Waals surface area (Å²) in [4.78, 5) is 3.02. The highest BCUT2D eigenvalue weighted by atomic mass is 14.7. The lowest BCUT2D eigenvalue weighted by Gasteiger charge is -1.90. The topological polar surface area (TPSA) is 15.8 Å². The first kappa shape index (κ1) is 7.68. The van der Waals surface area contributed by atoms with Gasteiger partial charge < -0.3 is 4.98 Å². The van der Waals surface area contributed by atoms with Crippen LogP contribution in [0.2, 0.25) is 0 Å². The SMILES string of the molecule is C#Cc1[nH]cc(C)c1/C=C\C. The monoisotopic (exact) mass is 145 g/mol. The van der Waals surface area contributed by atoms with Crippen molar-refractivity contribution in [3.8, 4) is 12.3 Å². The first-order chi connectivity index (χ1) is 5.29. The number of aryl methyl sites for hydroxylation is 1. The van der Waals surface area contributed by atoms with Crippen LogP contribution >= 0.6 is 0 Å². The molecule has 1 N–H and O–H groups in total. The summed E-state index contributed by atoms with van der Waals surface area (Å²) in [7, 11) is 0. The molecule has 56 valence electrons. The Labute approximate surface area is 67.1 Å². The van der Waals surface area contributed by atoms with Crippen molar-refractivity contribution >= 4 is 6.08 Å². The minimum absolute atomic E-state index is 0.862. The largest absolute Gasteiger partial charge is 0.354 e. The van der Waals surface area contributed by atoms with Gasteiger partial charge in [0, 0.05) is 11.8 Å². The molecular formula is C10H11N. The first-order valence-electron chi connectivity index (χ1n) is 3.57. The van der Waals surface area contributed by atoms with E-state index >= 15 is 0 Å². The fourth-order valence-electron chi connectivity index (χ4n) is 1.03. The molecule has 1 heterocycles. The zero-order valence-electron chi connectivity index (χ0n) is 6.81. The van der Waals surface area contributed by atoms with Gasteiger partial charge in [0.1, 0.15) is 0 Å². The number of hydrogen-bond donors (Lipinski definition) is 1. The molecule has 0 bridgehead atoms. The third-order valence-corrected chi connectivity index (χ3v) is 1.60. The van der Waals surface area contributed by atoms with E-state index in [1.54, 1.807) is 0 Å². The van der Waals surface area contributed by atoms with Gasteiger partial charge in [-0.15, -0.1) is 6.42 Å². The van der Waals surface area contributed by atoms with E-state index in [0.29, 0.717) is 0 Å². The number of nitrogens with one attached hydrogen (secondary N) is 1. The summed E-state index contributed by atoms with van der Waals surface area (Å²) in [5.74, 6) is 2.59. The molecule has 0 radical (unpaired) electrons. The standard InChI is InChI=1S/C10H11N/c1-4-6-9-8(3)7-11-10(9)5-2/h2,4,6-7,11H,1,3H3/b6-4-. The summed E-state index contributed by atoms with van der Waals surface area (Å²) in [5, 5.41) is 0. The molecule has 1 rings (SSSR count). The van der Waals surface area contributed by atoms with Crippen molar-refractivity contribution in [3.05, 3.63) is 29.1 Å². The Morgan fingerprint density at radius 2 is 2.36 bits per heavy atom. The Morgan fingerprint density at radius 3 is 2.91 bits per heavy atom. The predicted octanol–water partition coefficient (Wildman–Crippen LogP) is 2.34. The molecule has 0 saturated heterocycles. The number of allylic oxidation sites excluding steroid dienone is 1. The van der Waals surface area contributed by atoms with Crippen LogP contribution in [0.1, 0.15) is 23.7 Å². The fourth-order valence-corrected chi connectivity index (χ4v) is 1.03. The molecule has 0 fully saturated rings. The predicted molar refractivity (Wildman–Crippen MR) is 48.2 cm³/mol. The second-order valence-corrected chi connectivity index (χ2v) is 2.40. The molecule has 0 spiro atoms. The van der Waals surface area contributed by atoms with Gasteiger partial charge in [-0.3, -0.25) is 0 Å². The quantitative estimate of drug-likeness (QED) is 0.584. The van der Waals surface area contributed by atoms with Gasteiger partial charge in [-0.05, 0) is 19.4 Å². The van der Waals surface area contributed by atoms with Crippen LogP contribution in [-0.4, -0.2) is 4.98 Å². The third-order valence-electron chi connectivity index (χ3n) is 1.60. The van der Waals surface area contributed by atoms with Crippen LogP contribution in [0.3, 0.4) is 0 Å². The molecule has 1 nitrogen and oxygen atoms in total. The van der Waals surface area contributed by atoms with E-state index in [0.717, 1.165) is 11.3 Å². The normalized spacial score (nSPS) is 10.3. The van der Waals surface area contributed by atoms with Crippen LogP contribution in [0.25, 0.3) is 6.08 Å². The lowest BCUT2D eigenvalue weighted by atomic mass is 10.1. The molecular weight excluding hydrogens is 134 g/mol. The maximum atomic E-state index is 5.28. The van der Waals surface area contributed by atoms with E-state index in [-0.39, 0.29) is 0 Å². The fraction of sp³-hybridized carbons (Fsp3) is 0.200. The molecule has 0 aliphatic rings. The summed E-state index contributed by atoms with van der Waals surface area (Å²) in [6.45, 7) is 4.01. The Balaban J connectivity index is 3.20. The summed E-state index contributed by atoms with van der Waals surface area (Å²) in [6.07, 6.45) is 11.2. The third kappa shape index (κ3) is 1.35. The second kappa shape index (κ2) is 3.12. The molecule has 11 heavy (non-hydrogen) atoms. The zero-order chi connectivity index (χ0) is 8.27. The summed E-state index contributed by atoms with van der Waals surface area (Å²) >= 11 is 0. The molecule has 1 aromatic rings. The highest BCUT2D eigenvalue weighted by molar-refractivity contribution is 5.60.